The van der Waals surface area contributed by atoms with Crippen molar-refractivity contribution in [3.63, 3.8) is 0 Å². The smallest absolute Gasteiger partial charge is 0.259 e. The molecule has 12 heteroatoms. The van der Waals surface area contributed by atoms with Crippen molar-refractivity contribution < 1.29 is 19.4 Å². The molecule has 3 N–H and O–H groups in total. The van der Waals surface area contributed by atoms with E-state index in [1.165, 1.54) is 0 Å². The first kappa shape index (κ1) is 39.3. The number of likely N-dealkylation sites (tertiary alicyclic amines) is 1. The molecule has 10 nitrogen and oxygen atoms in total. The molecule has 1 aromatic heterocycles. The summed E-state index contributed by atoms with van der Waals surface area (Å²) in [6.07, 6.45) is 4.68. The van der Waals surface area contributed by atoms with E-state index in [4.69, 9.17) is 9.72 Å². The van der Waals surface area contributed by atoms with Gasteiger partial charge >= 0.3 is 0 Å². The van der Waals surface area contributed by atoms with Crippen molar-refractivity contribution in [1.29, 1.82) is 0 Å². The van der Waals surface area contributed by atoms with Crippen LogP contribution in [0.15, 0.2) is 6.20 Å². The quantitative estimate of drug-likeness (QED) is 0.307. The van der Waals surface area contributed by atoms with E-state index < -0.39 is 5.60 Å². The predicted molar refractivity (Wildman–Crippen MR) is 176 cm³/mol. The first-order valence-corrected chi connectivity index (χ1v) is 15.4. The standard InChI is InChI=1S/C31H54N6O4.2ClH/c1-21(2)20-37(28(39)25-19-34-29(30(3,4)5)35-26(25)33-12-9-15-41-8)24-16-22(17-32-18-24)27(38)36-13-10-23(11-14-36)31(6,7)40;;/h19,21-24,32,40H,9-18,20H2,1-8H3,(H,33,34,35);2*1H/t22-,24+;;/m1../s1. The molecule has 1 aromatic rings. The first-order chi connectivity index (χ1) is 19.2. The van der Waals surface area contributed by atoms with Gasteiger partial charge in [-0.25, -0.2) is 9.97 Å². The molecular formula is C31H56Cl2N6O4. The zero-order chi connectivity index (χ0) is 30.4. The Bertz CT molecular complexity index is 1020. The zero-order valence-electron chi connectivity index (χ0n) is 27.4. The Morgan fingerprint density at radius 3 is 2.37 bits per heavy atom. The van der Waals surface area contributed by atoms with Crippen molar-refractivity contribution in [2.24, 2.45) is 17.8 Å². The van der Waals surface area contributed by atoms with Gasteiger partial charge in [0.1, 0.15) is 17.2 Å². The second kappa shape index (κ2) is 17.1. The van der Waals surface area contributed by atoms with Crippen LogP contribution in [0, 0.1) is 17.8 Å². The summed E-state index contributed by atoms with van der Waals surface area (Å²) in [6.45, 7) is 18.5. The van der Waals surface area contributed by atoms with Crippen molar-refractivity contribution in [2.45, 2.75) is 91.2 Å². The van der Waals surface area contributed by atoms with Crippen LogP contribution in [0.3, 0.4) is 0 Å². The number of aliphatic hydroxyl groups is 1. The largest absolute Gasteiger partial charge is 0.390 e. The molecule has 0 saturated carbocycles. The Morgan fingerprint density at radius 1 is 1.16 bits per heavy atom. The van der Waals surface area contributed by atoms with Gasteiger partial charge in [-0.1, -0.05) is 34.6 Å². The Balaban J connectivity index is 0.00000462. The highest BCUT2D eigenvalue weighted by atomic mass is 35.5. The number of methoxy groups -OCH3 is 1. The number of piperidine rings is 2. The zero-order valence-corrected chi connectivity index (χ0v) is 29.1. The summed E-state index contributed by atoms with van der Waals surface area (Å²) in [5.74, 6) is 1.52. The highest BCUT2D eigenvalue weighted by molar-refractivity contribution is 5.98. The van der Waals surface area contributed by atoms with Gasteiger partial charge in [0, 0.05) is 70.6 Å². The van der Waals surface area contributed by atoms with Gasteiger partial charge in [-0.05, 0) is 51.4 Å². The number of nitrogens with one attached hydrogen (secondary N) is 2. The highest BCUT2D eigenvalue weighted by Gasteiger charge is 2.38. The van der Waals surface area contributed by atoms with Crippen LogP contribution in [0.4, 0.5) is 5.82 Å². The van der Waals surface area contributed by atoms with Crippen LogP contribution < -0.4 is 10.6 Å². The van der Waals surface area contributed by atoms with Crippen molar-refractivity contribution >= 4 is 42.4 Å². The molecule has 2 saturated heterocycles. The van der Waals surface area contributed by atoms with E-state index in [-0.39, 0.29) is 65.8 Å². The second-order valence-corrected chi connectivity index (χ2v) is 13.8. The molecule has 0 bridgehead atoms. The number of hydrogen-bond acceptors (Lipinski definition) is 8. The lowest BCUT2D eigenvalue weighted by atomic mass is 9.82. The van der Waals surface area contributed by atoms with Crippen LogP contribution in [-0.4, -0.2) is 101 Å². The second-order valence-electron chi connectivity index (χ2n) is 13.8. The van der Waals surface area contributed by atoms with Gasteiger partial charge in [-0.3, -0.25) is 9.59 Å². The molecule has 2 atom stereocenters. The lowest BCUT2D eigenvalue weighted by Crippen LogP contribution is -2.56. The summed E-state index contributed by atoms with van der Waals surface area (Å²) in [4.78, 5) is 41.0. The summed E-state index contributed by atoms with van der Waals surface area (Å²) < 4.78 is 5.19. The Hall–Kier alpha value is -1.72. The minimum atomic E-state index is -0.726. The van der Waals surface area contributed by atoms with E-state index in [1.54, 1.807) is 13.3 Å². The van der Waals surface area contributed by atoms with Crippen molar-refractivity contribution in [1.82, 2.24) is 25.1 Å². The van der Waals surface area contributed by atoms with Gasteiger partial charge in [0.25, 0.3) is 5.91 Å². The molecule has 43 heavy (non-hydrogen) atoms. The summed E-state index contributed by atoms with van der Waals surface area (Å²) in [5, 5.41) is 17.2. The lowest BCUT2D eigenvalue weighted by molar-refractivity contribution is -0.139. The lowest BCUT2D eigenvalue weighted by Gasteiger charge is -2.42. The number of anilines is 1. The summed E-state index contributed by atoms with van der Waals surface area (Å²) >= 11 is 0. The molecule has 0 spiro atoms. The number of amides is 2. The maximum atomic E-state index is 14.2. The number of rotatable bonds is 11. The van der Waals surface area contributed by atoms with Crippen LogP contribution in [0.25, 0.3) is 0 Å². The molecule has 2 aliphatic rings. The van der Waals surface area contributed by atoms with E-state index >= 15 is 0 Å². The summed E-state index contributed by atoms with van der Waals surface area (Å²) in [6, 6.07) is -0.120. The van der Waals surface area contributed by atoms with Gasteiger partial charge in [-0.2, -0.15) is 0 Å². The van der Waals surface area contributed by atoms with Crippen LogP contribution in [-0.2, 0) is 14.9 Å². The third-order valence-corrected chi connectivity index (χ3v) is 8.25. The van der Waals surface area contributed by atoms with Gasteiger partial charge in [0.15, 0.2) is 0 Å². The Morgan fingerprint density at radius 2 is 1.81 bits per heavy atom. The normalized spacial score (nSPS) is 19.8. The summed E-state index contributed by atoms with van der Waals surface area (Å²) in [5.41, 5.74) is -0.528. The van der Waals surface area contributed by atoms with E-state index in [0.29, 0.717) is 69.5 Å². The van der Waals surface area contributed by atoms with Crippen LogP contribution >= 0.6 is 24.8 Å². The maximum absolute atomic E-state index is 14.2. The van der Waals surface area contributed by atoms with Crippen molar-refractivity contribution in [2.75, 3.05) is 58.3 Å². The van der Waals surface area contributed by atoms with Gasteiger partial charge in [0.2, 0.25) is 5.91 Å². The number of carbonyl (C=O) groups excluding carboxylic acids is 2. The summed E-state index contributed by atoms with van der Waals surface area (Å²) in [7, 11) is 1.68. The van der Waals surface area contributed by atoms with E-state index in [1.807, 2.05) is 23.6 Å². The van der Waals surface area contributed by atoms with Crippen LogP contribution in [0.1, 0.15) is 90.3 Å². The molecule has 2 aliphatic heterocycles. The van der Waals surface area contributed by atoms with Gasteiger partial charge in [-0.15, -0.1) is 24.8 Å². The number of ether oxygens (including phenoxy) is 1. The fraction of sp³-hybridized carbons (Fsp3) is 0.806. The molecule has 3 heterocycles. The predicted octanol–water partition coefficient (Wildman–Crippen LogP) is 4.15. The fourth-order valence-corrected chi connectivity index (χ4v) is 5.81. The van der Waals surface area contributed by atoms with Gasteiger partial charge in [0.05, 0.1) is 11.5 Å². The molecule has 0 aromatic carbocycles. The minimum absolute atomic E-state index is 0. The average Bonchev–Trinajstić information content (AvgIpc) is 2.92. The molecule has 0 aliphatic carbocycles. The topological polar surface area (TPSA) is 120 Å². The maximum Gasteiger partial charge on any atom is 0.259 e. The minimum Gasteiger partial charge on any atom is -0.390 e. The molecule has 3 rings (SSSR count). The number of hydrogen-bond donors (Lipinski definition) is 3. The van der Waals surface area contributed by atoms with Crippen molar-refractivity contribution in [3.05, 3.63) is 17.6 Å². The third kappa shape index (κ3) is 11.0. The molecule has 248 valence electrons. The molecule has 2 amide bonds. The SMILES string of the molecule is COCCCNc1nc(C(C)(C)C)ncc1C(=O)N(CC(C)C)[C@@H]1CNC[C@H](C(=O)N2CCC(C(C)(C)O)CC2)C1.Cl.Cl. The number of carbonyl (C=O) groups is 2. The number of halogens is 2. The molecular weight excluding hydrogens is 591 g/mol. The van der Waals surface area contributed by atoms with E-state index in [0.717, 1.165) is 19.3 Å². The third-order valence-electron chi connectivity index (χ3n) is 8.25. The van der Waals surface area contributed by atoms with Gasteiger partial charge < -0.3 is 30.3 Å². The van der Waals surface area contributed by atoms with Crippen LogP contribution in [0.2, 0.25) is 0 Å². The van der Waals surface area contributed by atoms with Crippen molar-refractivity contribution in [3.8, 4) is 0 Å². The van der Waals surface area contributed by atoms with E-state index in [9.17, 15) is 14.7 Å². The number of aromatic nitrogens is 2. The monoisotopic (exact) mass is 646 g/mol. The first-order valence-electron chi connectivity index (χ1n) is 15.4. The van der Waals surface area contributed by atoms with Crippen LogP contribution in [0.5, 0.6) is 0 Å². The molecule has 2 fully saturated rings. The molecule has 0 radical (unpaired) electrons. The number of nitrogens with zero attached hydrogens (tertiary/aromatic N) is 4. The Kier molecular flexibility index (Phi) is 15.6. The Labute approximate surface area is 271 Å². The van der Waals surface area contributed by atoms with E-state index in [2.05, 4.69) is 50.2 Å². The fourth-order valence-electron chi connectivity index (χ4n) is 5.81. The average molecular weight is 648 g/mol. The molecule has 0 unspecified atom stereocenters. The highest BCUT2D eigenvalue weighted by Crippen LogP contribution is 2.30.